The summed E-state index contributed by atoms with van der Waals surface area (Å²) in [5.41, 5.74) is 0.618. The van der Waals surface area contributed by atoms with Crippen molar-refractivity contribution in [3.8, 4) is 11.4 Å². The number of hydrogen-bond donors (Lipinski definition) is 2. The first-order valence-electron chi connectivity index (χ1n) is 6.69. The lowest BCUT2D eigenvalue weighted by Gasteiger charge is -2.13. The van der Waals surface area contributed by atoms with Gasteiger partial charge in [0.25, 0.3) is 0 Å². The molecule has 1 heterocycles. The van der Waals surface area contributed by atoms with Gasteiger partial charge in [0.1, 0.15) is 12.6 Å². The fourth-order valence-electron chi connectivity index (χ4n) is 1.79. The molecule has 1 atom stereocenters. The van der Waals surface area contributed by atoms with E-state index >= 15 is 0 Å². The lowest BCUT2D eigenvalue weighted by molar-refractivity contribution is -0.143. The summed E-state index contributed by atoms with van der Waals surface area (Å²) in [6, 6.07) is 4.90. The van der Waals surface area contributed by atoms with E-state index in [0.717, 1.165) is 4.80 Å². The minimum atomic E-state index is -2.85. The van der Waals surface area contributed by atoms with Crippen LogP contribution in [0.3, 0.4) is 0 Å². The van der Waals surface area contributed by atoms with Crippen LogP contribution in [0.15, 0.2) is 24.3 Å². The smallest absolute Gasteiger partial charge is 0.326 e. The first kappa shape index (κ1) is 17.7. The molecule has 1 unspecified atom stereocenters. The van der Waals surface area contributed by atoms with Crippen LogP contribution < -0.4 is 5.32 Å². The van der Waals surface area contributed by atoms with Gasteiger partial charge in [-0.25, -0.2) is 13.6 Å². The van der Waals surface area contributed by atoms with Crippen molar-refractivity contribution in [2.75, 3.05) is 0 Å². The fourth-order valence-corrected chi connectivity index (χ4v) is 1.92. The summed E-state index contributed by atoms with van der Waals surface area (Å²) < 4.78 is 24.6. The summed E-state index contributed by atoms with van der Waals surface area (Å²) in [5, 5.41) is 22.7. The van der Waals surface area contributed by atoms with Crippen molar-refractivity contribution < 1.29 is 23.5 Å². The van der Waals surface area contributed by atoms with E-state index in [1.807, 2.05) is 5.32 Å². The van der Waals surface area contributed by atoms with Gasteiger partial charge >= 0.3 is 5.97 Å². The molecule has 11 heteroatoms. The van der Waals surface area contributed by atoms with Crippen molar-refractivity contribution >= 4 is 23.5 Å². The summed E-state index contributed by atoms with van der Waals surface area (Å²) >= 11 is 5.77. The number of nitrogens with one attached hydrogen (secondary N) is 1. The highest BCUT2D eigenvalue weighted by Crippen LogP contribution is 2.16. The van der Waals surface area contributed by atoms with Gasteiger partial charge < -0.3 is 10.4 Å². The molecule has 2 rings (SSSR count). The Bertz CT molecular complexity index is 723. The first-order chi connectivity index (χ1) is 11.3. The van der Waals surface area contributed by atoms with E-state index in [1.54, 1.807) is 24.3 Å². The van der Waals surface area contributed by atoms with E-state index in [2.05, 4.69) is 15.4 Å². The van der Waals surface area contributed by atoms with Crippen LogP contribution in [0.4, 0.5) is 8.78 Å². The third-order valence-electron chi connectivity index (χ3n) is 2.89. The summed E-state index contributed by atoms with van der Waals surface area (Å²) in [7, 11) is 0. The van der Waals surface area contributed by atoms with Crippen molar-refractivity contribution in [1.82, 2.24) is 25.5 Å². The molecular weight excluding hydrogens is 348 g/mol. The van der Waals surface area contributed by atoms with Crippen LogP contribution in [-0.2, 0) is 16.1 Å². The Kier molecular flexibility index (Phi) is 5.74. The van der Waals surface area contributed by atoms with E-state index in [-0.39, 0.29) is 5.82 Å². The highest BCUT2D eigenvalue weighted by molar-refractivity contribution is 6.30. The standard InChI is InChI=1S/C13H12ClF2N5O3/c14-8-3-1-7(2-4-8)12-18-20-21(19-12)6-11(22)17-9(13(23)24)5-10(15)16/h1-4,9-10H,5-6H2,(H,17,22)(H,23,24). The van der Waals surface area contributed by atoms with E-state index < -0.39 is 37.3 Å². The number of carbonyl (C=O) groups is 2. The molecule has 0 bridgehead atoms. The summed E-state index contributed by atoms with van der Waals surface area (Å²) in [6.45, 7) is -0.451. The van der Waals surface area contributed by atoms with Crippen LogP contribution in [0.2, 0.25) is 5.02 Å². The quantitative estimate of drug-likeness (QED) is 0.769. The summed E-state index contributed by atoms with van der Waals surface area (Å²) in [5.74, 6) is -2.12. The topological polar surface area (TPSA) is 110 Å². The van der Waals surface area contributed by atoms with E-state index in [9.17, 15) is 18.4 Å². The van der Waals surface area contributed by atoms with Gasteiger partial charge in [-0.15, -0.1) is 10.2 Å². The number of aliphatic carboxylic acids is 1. The molecule has 24 heavy (non-hydrogen) atoms. The molecular formula is C13H12ClF2N5O3. The molecule has 2 N–H and O–H groups in total. The average molecular weight is 360 g/mol. The molecule has 8 nitrogen and oxygen atoms in total. The lowest BCUT2D eigenvalue weighted by Crippen LogP contribution is -2.43. The monoisotopic (exact) mass is 359 g/mol. The molecule has 1 aromatic carbocycles. The number of benzene rings is 1. The van der Waals surface area contributed by atoms with E-state index in [0.29, 0.717) is 10.6 Å². The molecule has 0 fully saturated rings. The first-order valence-corrected chi connectivity index (χ1v) is 7.07. The third kappa shape index (κ3) is 4.95. The predicted octanol–water partition coefficient (Wildman–Crippen LogP) is 1.22. The van der Waals surface area contributed by atoms with E-state index in [4.69, 9.17) is 16.7 Å². The summed E-state index contributed by atoms with van der Waals surface area (Å²) in [4.78, 5) is 23.5. The molecule has 1 aromatic heterocycles. The number of carbonyl (C=O) groups excluding carboxylic acids is 1. The number of carboxylic acid groups (broad SMARTS) is 1. The molecule has 128 valence electrons. The van der Waals surface area contributed by atoms with Crippen molar-refractivity contribution in [1.29, 1.82) is 0 Å². The van der Waals surface area contributed by atoms with Crippen LogP contribution in [0.1, 0.15) is 6.42 Å². The van der Waals surface area contributed by atoms with Gasteiger partial charge in [0, 0.05) is 17.0 Å². The van der Waals surface area contributed by atoms with Gasteiger partial charge in [0.05, 0.1) is 0 Å². The van der Waals surface area contributed by atoms with Crippen LogP contribution in [0.25, 0.3) is 11.4 Å². The maximum Gasteiger partial charge on any atom is 0.326 e. The summed E-state index contributed by atoms with van der Waals surface area (Å²) in [6.07, 6.45) is -3.84. The van der Waals surface area contributed by atoms with Gasteiger partial charge in [0.15, 0.2) is 0 Å². The van der Waals surface area contributed by atoms with Gasteiger partial charge in [-0.2, -0.15) is 4.80 Å². The SMILES string of the molecule is O=C(Cn1nnc(-c2ccc(Cl)cc2)n1)NC(CC(F)F)C(=O)O. The molecule has 0 aliphatic rings. The normalized spacial score (nSPS) is 12.2. The van der Waals surface area contributed by atoms with Crippen LogP contribution in [-0.4, -0.2) is 49.7 Å². The number of aromatic nitrogens is 4. The molecule has 0 spiro atoms. The molecule has 0 aliphatic carbocycles. The fraction of sp³-hybridized carbons (Fsp3) is 0.308. The Morgan fingerprint density at radius 1 is 1.29 bits per heavy atom. The Hall–Kier alpha value is -2.62. The second-order valence-corrected chi connectivity index (χ2v) is 5.17. The Morgan fingerprint density at radius 2 is 1.96 bits per heavy atom. The minimum Gasteiger partial charge on any atom is -0.480 e. The third-order valence-corrected chi connectivity index (χ3v) is 3.14. The van der Waals surface area contributed by atoms with Crippen LogP contribution in [0.5, 0.6) is 0 Å². The number of rotatable bonds is 7. The number of halogens is 3. The lowest BCUT2D eigenvalue weighted by atomic mass is 10.2. The largest absolute Gasteiger partial charge is 0.480 e. The van der Waals surface area contributed by atoms with Crippen molar-refractivity contribution in [3.05, 3.63) is 29.3 Å². The zero-order valence-electron chi connectivity index (χ0n) is 12.1. The number of nitrogens with zero attached hydrogens (tertiary/aromatic N) is 4. The van der Waals surface area contributed by atoms with Crippen molar-refractivity contribution in [2.45, 2.75) is 25.4 Å². The molecule has 2 aromatic rings. The van der Waals surface area contributed by atoms with Gasteiger partial charge in [-0.05, 0) is 29.5 Å². The Morgan fingerprint density at radius 3 is 2.54 bits per heavy atom. The maximum atomic E-state index is 12.3. The van der Waals surface area contributed by atoms with Gasteiger partial charge in [-0.3, -0.25) is 4.79 Å². The maximum absolute atomic E-state index is 12.3. The number of hydrogen-bond acceptors (Lipinski definition) is 5. The number of alkyl halides is 2. The molecule has 0 saturated carbocycles. The van der Waals surface area contributed by atoms with Gasteiger partial charge in [0.2, 0.25) is 18.2 Å². The second-order valence-electron chi connectivity index (χ2n) is 4.74. The van der Waals surface area contributed by atoms with Gasteiger partial charge in [-0.1, -0.05) is 11.6 Å². The zero-order chi connectivity index (χ0) is 17.7. The van der Waals surface area contributed by atoms with Crippen molar-refractivity contribution in [3.63, 3.8) is 0 Å². The van der Waals surface area contributed by atoms with E-state index in [1.165, 1.54) is 0 Å². The Labute approximate surface area is 139 Å². The van der Waals surface area contributed by atoms with Crippen molar-refractivity contribution in [2.24, 2.45) is 0 Å². The number of carboxylic acids is 1. The highest BCUT2D eigenvalue weighted by atomic mass is 35.5. The Balaban J connectivity index is 1.99. The molecule has 1 amide bonds. The molecule has 0 radical (unpaired) electrons. The average Bonchev–Trinajstić information content (AvgIpc) is 2.95. The van der Waals surface area contributed by atoms with Crippen LogP contribution in [0, 0.1) is 0 Å². The predicted molar refractivity (Wildman–Crippen MR) is 78.5 cm³/mol. The zero-order valence-corrected chi connectivity index (χ0v) is 12.8. The second kappa shape index (κ2) is 7.77. The minimum absolute atomic E-state index is 0.238. The number of tetrazole rings is 1. The number of amides is 1. The van der Waals surface area contributed by atoms with Crippen LogP contribution >= 0.6 is 11.6 Å². The highest BCUT2D eigenvalue weighted by Gasteiger charge is 2.24. The molecule has 0 saturated heterocycles. The molecule has 0 aliphatic heterocycles.